The van der Waals surface area contributed by atoms with Gasteiger partial charge in [-0.05, 0) is 78.8 Å². The van der Waals surface area contributed by atoms with Gasteiger partial charge in [0, 0.05) is 27.3 Å². The van der Waals surface area contributed by atoms with Gasteiger partial charge in [0.15, 0.2) is 11.6 Å². The smallest absolute Gasteiger partial charge is 0.238 e. The van der Waals surface area contributed by atoms with E-state index >= 15 is 0 Å². The molecular weight excluding hydrogens is 609 g/mol. The molecule has 11 rings (SSSR count). The number of benzene rings is 8. The lowest BCUT2D eigenvalue weighted by molar-refractivity contribution is 0.660. The third-order valence-electron chi connectivity index (χ3n) is 11.0. The Morgan fingerprint density at radius 3 is 1.82 bits per heavy atom. The molecule has 10 aromatic rings. The Labute approximate surface area is 288 Å². The van der Waals surface area contributed by atoms with Crippen molar-refractivity contribution in [2.45, 2.75) is 19.3 Å². The van der Waals surface area contributed by atoms with Gasteiger partial charge in [-0.25, -0.2) is 4.98 Å². The van der Waals surface area contributed by atoms with Crippen LogP contribution in [0.5, 0.6) is 0 Å². The summed E-state index contributed by atoms with van der Waals surface area (Å²) < 4.78 is 2.20. The van der Waals surface area contributed by atoms with Gasteiger partial charge in [0.05, 0.1) is 11.0 Å². The summed E-state index contributed by atoms with van der Waals surface area (Å²) in [4.78, 5) is 15.9. The van der Waals surface area contributed by atoms with E-state index in [2.05, 4.69) is 164 Å². The minimum Gasteiger partial charge on any atom is -0.278 e. The Hall–Kier alpha value is -6.39. The van der Waals surface area contributed by atoms with Gasteiger partial charge in [0.25, 0.3) is 0 Å². The lowest BCUT2D eigenvalue weighted by atomic mass is 9.82. The SMILES string of the molecule is CC1(C)c2ccccc2-c2ccc(-c3nc(-c4ccc5ccc6cccc7ccc4c5c67)nc(-n4c5ccccc5c5ccccc54)n3)cc21. The number of hydrogen-bond acceptors (Lipinski definition) is 3. The fraction of sp³-hybridized carbons (Fsp3) is 0.0652. The minimum atomic E-state index is -0.139. The van der Waals surface area contributed by atoms with Crippen molar-refractivity contribution in [1.29, 1.82) is 0 Å². The highest BCUT2D eigenvalue weighted by molar-refractivity contribution is 6.25. The average molecular weight is 639 g/mol. The molecule has 0 saturated heterocycles. The Bertz CT molecular complexity index is 2950. The molecule has 0 spiro atoms. The van der Waals surface area contributed by atoms with Crippen molar-refractivity contribution in [2.24, 2.45) is 0 Å². The highest BCUT2D eigenvalue weighted by Crippen LogP contribution is 2.49. The molecule has 0 N–H and O–H groups in total. The Kier molecular flexibility index (Phi) is 5.42. The number of rotatable bonds is 3. The van der Waals surface area contributed by atoms with E-state index in [4.69, 9.17) is 15.0 Å². The molecule has 0 saturated carbocycles. The number of hydrogen-bond donors (Lipinski definition) is 0. The Morgan fingerprint density at radius 2 is 1.04 bits per heavy atom. The summed E-state index contributed by atoms with van der Waals surface area (Å²) in [5, 5.41) is 9.70. The van der Waals surface area contributed by atoms with Crippen molar-refractivity contribution in [2.75, 3.05) is 0 Å². The van der Waals surface area contributed by atoms with E-state index in [9.17, 15) is 0 Å². The first-order chi connectivity index (χ1) is 24.5. The molecule has 0 aliphatic heterocycles. The second-order valence-electron chi connectivity index (χ2n) is 14.1. The zero-order chi connectivity index (χ0) is 33.1. The third-order valence-corrected chi connectivity index (χ3v) is 11.0. The summed E-state index contributed by atoms with van der Waals surface area (Å²) in [6.45, 7) is 4.63. The fourth-order valence-corrected chi connectivity index (χ4v) is 8.63. The second kappa shape index (κ2) is 9.83. The quantitative estimate of drug-likeness (QED) is 0.181. The standard InChI is InChI=1S/C46H30N4/c1-46(2)37-15-6-3-12-31(37)32-23-22-30(26-38(32)46)43-47-44(36-25-21-29-19-18-27-10-9-11-28-20-24-35(36)42(29)41(27)28)49-45(48-43)50-39-16-7-4-13-33(39)34-14-5-8-17-40(34)50/h3-26H,1-2H3. The van der Waals surface area contributed by atoms with Crippen molar-refractivity contribution in [1.82, 2.24) is 19.5 Å². The molecule has 0 atom stereocenters. The molecule has 4 nitrogen and oxygen atoms in total. The molecule has 0 amide bonds. The first kappa shape index (κ1) is 27.5. The van der Waals surface area contributed by atoms with Crippen LogP contribution in [0.25, 0.3) is 94.0 Å². The van der Waals surface area contributed by atoms with Gasteiger partial charge in [-0.2, -0.15) is 9.97 Å². The van der Waals surface area contributed by atoms with Crippen molar-refractivity contribution in [3.05, 3.63) is 157 Å². The van der Waals surface area contributed by atoms with Crippen LogP contribution in [-0.2, 0) is 5.41 Å². The topological polar surface area (TPSA) is 43.6 Å². The maximum atomic E-state index is 5.33. The molecule has 4 heteroatoms. The van der Waals surface area contributed by atoms with Crippen LogP contribution in [0, 0.1) is 0 Å². The largest absolute Gasteiger partial charge is 0.278 e. The minimum absolute atomic E-state index is 0.139. The lowest BCUT2D eigenvalue weighted by Crippen LogP contribution is -2.15. The van der Waals surface area contributed by atoms with E-state index in [1.54, 1.807) is 0 Å². The molecule has 0 radical (unpaired) electrons. The summed E-state index contributed by atoms with van der Waals surface area (Å²) in [5.74, 6) is 1.93. The fourth-order valence-electron chi connectivity index (χ4n) is 8.63. The van der Waals surface area contributed by atoms with Crippen LogP contribution < -0.4 is 0 Å². The van der Waals surface area contributed by atoms with E-state index in [1.807, 2.05) is 0 Å². The van der Waals surface area contributed by atoms with Crippen LogP contribution in [0.1, 0.15) is 25.0 Å². The van der Waals surface area contributed by atoms with Gasteiger partial charge in [-0.1, -0.05) is 135 Å². The number of aromatic nitrogens is 4. The van der Waals surface area contributed by atoms with Crippen molar-refractivity contribution in [3.63, 3.8) is 0 Å². The molecule has 1 aliphatic rings. The van der Waals surface area contributed by atoms with Gasteiger partial charge in [0.2, 0.25) is 5.95 Å². The Balaban J connectivity index is 1.21. The van der Waals surface area contributed by atoms with Crippen LogP contribution in [0.2, 0.25) is 0 Å². The van der Waals surface area contributed by atoms with Crippen molar-refractivity contribution in [3.8, 4) is 39.9 Å². The highest BCUT2D eigenvalue weighted by atomic mass is 15.2. The maximum absolute atomic E-state index is 5.33. The van der Waals surface area contributed by atoms with Crippen LogP contribution in [0.4, 0.5) is 0 Å². The molecule has 0 bridgehead atoms. The monoisotopic (exact) mass is 638 g/mol. The zero-order valence-corrected chi connectivity index (χ0v) is 27.6. The summed E-state index contributed by atoms with van der Waals surface area (Å²) in [6, 6.07) is 52.3. The Morgan fingerprint density at radius 1 is 0.440 bits per heavy atom. The number of fused-ring (bicyclic) bond motifs is 6. The van der Waals surface area contributed by atoms with Gasteiger partial charge in [0.1, 0.15) is 0 Å². The van der Waals surface area contributed by atoms with Crippen molar-refractivity contribution < 1.29 is 0 Å². The number of para-hydroxylation sites is 2. The molecule has 2 heterocycles. The predicted octanol–water partition coefficient (Wildman–Crippen LogP) is 11.5. The van der Waals surface area contributed by atoms with Crippen molar-refractivity contribution >= 4 is 54.1 Å². The van der Waals surface area contributed by atoms with E-state index in [0.29, 0.717) is 17.6 Å². The third kappa shape index (κ3) is 3.68. The lowest BCUT2D eigenvalue weighted by Gasteiger charge is -2.22. The second-order valence-corrected chi connectivity index (χ2v) is 14.1. The molecule has 234 valence electrons. The first-order valence-electron chi connectivity index (χ1n) is 17.2. The predicted molar refractivity (Wildman–Crippen MR) is 206 cm³/mol. The molecule has 0 fully saturated rings. The molecule has 8 aromatic carbocycles. The zero-order valence-electron chi connectivity index (χ0n) is 27.6. The van der Waals surface area contributed by atoms with Gasteiger partial charge in [-0.15, -0.1) is 0 Å². The molecular formula is C46H30N4. The van der Waals surface area contributed by atoms with E-state index in [1.165, 1.54) is 60.0 Å². The summed E-state index contributed by atoms with van der Waals surface area (Å²) in [7, 11) is 0. The summed E-state index contributed by atoms with van der Waals surface area (Å²) in [5.41, 5.74) is 9.19. The van der Waals surface area contributed by atoms with Crippen LogP contribution in [0.15, 0.2) is 146 Å². The maximum Gasteiger partial charge on any atom is 0.238 e. The highest BCUT2D eigenvalue weighted by Gasteiger charge is 2.35. The molecule has 2 aromatic heterocycles. The number of nitrogens with zero attached hydrogens (tertiary/aromatic N) is 4. The molecule has 50 heavy (non-hydrogen) atoms. The summed E-state index contributed by atoms with van der Waals surface area (Å²) in [6.07, 6.45) is 0. The first-order valence-corrected chi connectivity index (χ1v) is 17.2. The van der Waals surface area contributed by atoms with Crippen LogP contribution >= 0.6 is 0 Å². The van der Waals surface area contributed by atoms with E-state index in [0.717, 1.165) is 27.5 Å². The van der Waals surface area contributed by atoms with Gasteiger partial charge in [-0.3, -0.25) is 4.57 Å². The average Bonchev–Trinajstić information content (AvgIpc) is 3.62. The van der Waals surface area contributed by atoms with Gasteiger partial charge < -0.3 is 0 Å². The van der Waals surface area contributed by atoms with Crippen LogP contribution in [-0.4, -0.2) is 19.5 Å². The van der Waals surface area contributed by atoms with E-state index < -0.39 is 0 Å². The molecule has 1 aliphatic carbocycles. The van der Waals surface area contributed by atoms with Gasteiger partial charge >= 0.3 is 0 Å². The molecule has 0 unspecified atom stereocenters. The normalized spacial score (nSPS) is 13.6. The van der Waals surface area contributed by atoms with Crippen LogP contribution in [0.3, 0.4) is 0 Å². The summed E-state index contributed by atoms with van der Waals surface area (Å²) >= 11 is 0. The van der Waals surface area contributed by atoms with E-state index in [-0.39, 0.29) is 5.41 Å².